The summed E-state index contributed by atoms with van der Waals surface area (Å²) >= 11 is 0. The van der Waals surface area contributed by atoms with E-state index in [1.807, 2.05) is 26.0 Å². The van der Waals surface area contributed by atoms with Crippen LogP contribution in [-0.4, -0.2) is 64.4 Å². The van der Waals surface area contributed by atoms with E-state index in [1.54, 1.807) is 18.0 Å². The number of aliphatic carboxylic acids is 1. The van der Waals surface area contributed by atoms with Crippen molar-refractivity contribution in [2.75, 3.05) is 26.7 Å². The molecule has 27 heavy (non-hydrogen) atoms. The molecule has 0 radical (unpaired) electrons. The second-order valence-corrected chi connectivity index (χ2v) is 7.28. The number of benzene rings is 1. The van der Waals surface area contributed by atoms with Crippen LogP contribution in [0.5, 0.6) is 0 Å². The summed E-state index contributed by atoms with van der Waals surface area (Å²) in [6.07, 6.45) is 1.25. The molecule has 1 fully saturated rings. The monoisotopic (exact) mass is 371 g/mol. The van der Waals surface area contributed by atoms with E-state index in [0.717, 1.165) is 22.2 Å². The summed E-state index contributed by atoms with van der Waals surface area (Å²) in [5, 5.41) is 10.2. The van der Waals surface area contributed by atoms with E-state index in [0.29, 0.717) is 24.9 Å². The van der Waals surface area contributed by atoms with Gasteiger partial charge in [-0.15, -0.1) is 0 Å². The minimum absolute atomic E-state index is 0.0692. The summed E-state index contributed by atoms with van der Waals surface area (Å²) in [5.41, 5.74) is 3.42. The Morgan fingerprint density at radius 3 is 2.74 bits per heavy atom. The Morgan fingerprint density at radius 1 is 1.30 bits per heavy atom. The lowest BCUT2D eigenvalue weighted by Gasteiger charge is -2.32. The smallest absolute Gasteiger partial charge is 0.308 e. The maximum absolute atomic E-state index is 12.9. The van der Waals surface area contributed by atoms with Gasteiger partial charge in [0.1, 0.15) is 0 Å². The van der Waals surface area contributed by atoms with Crippen LogP contribution in [0.15, 0.2) is 18.2 Å². The van der Waals surface area contributed by atoms with Crippen molar-refractivity contribution in [1.29, 1.82) is 0 Å². The molecule has 1 aliphatic heterocycles. The first-order valence-corrected chi connectivity index (χ1v) is 9.13. The van der Waals surface area contributed by atoms with Gasteiger partial charge < -0.3 is 19.9 Å². The van der Waals surface area contributed by atoms with Gasteiger partial charge in [0.15, 0.2) is 0 Å². The third kappa shape index (κ3) is 3.67. The first-order valence-electron chi connectivity index (χ1n) is 9.13. The molecule has 2 amide bonds. The number of nitrogens with zero attached hydrogens (tertiary/aromatic N) is 2. The Labute approximate surface area is 157 Å². The summed E-state index contributed by atoms with van der Waals surface area (Å²) in [5.74, 6) is -1.85. The number of carbonyl (C=O) groups excluding carboxylic acids is 2. The molecule has 0 bridgehead atoms. The molecule has 1 aromatic heterocycles. The van der Waals surface area contributed by atoms with E-state index in [9.17, 15) is 19.5 Å². The number of aromatic amines is 1. The highest BCUT2D eigenvalue weighted by atomic mass is 16.4. The largest absolute Gasteiger partial charge is 0.481 e. The zero-order chi connectivity index (χ0) is 19.7. The molecule has 0 aliphatic carbocycles. The number of piperidine rings is 1. The van der Waals surface area contributed by atoms with Crippen LogP contribution >= 0.6 is 0 Å². The SMILES string of the molecule is Cc1[nH]c2c(C(=O)N(C)CC(=O)N3CCCC(C(=O)O)C3)cccc2c1C. The number of rotatable bonds is 4. The highest BCUT2D eigenvalue weighted by Gasteiger charge is 2.29. The van der Waals surface area contributed by atoms with E-state index in [1.165, 1.54) is 4.90 Å². The predicted octanol–water partition coefficient (Wildman–Crippen LogP) is 2.18. The average Bonchev–Trinajstić information content (AvgIpc) is 2.95. The van der Waals surface area contributed by atoms with Gasteiger partial charge in [-0.05, 0) is 38.3 Å². The van der Waals surface area contributed by atoms with Gasteiger partial charge in [-0.3, -0.25) is 14.4 Å². The van der Waals surface area contributed by atoms with E-state index in [2.05, 4.69) is 4.98 Å². The minimum atomic E-state index is -0.874. The fourth-order valence-corrected chi connectivity index (χ4v) is 3.65. The Kier molecular flexibility index (Phi) is 5.21. The number of hydrogen-bond acceptors (Lipinski definition) is 3. The number of nitrogens with one attached hydrogen (secondary N) is 1. The molecule has 1 atom stereocenters. The summed E-state index contributed by atoms with van der Waals surface area (Å²) in [6.45, 7) is 4.65. The molecule has 2 aromatic rings. The highest BCUT2D eigenvalue weighted by Crippen LogP contribution is 2.25. The second kappa shape index (κ2) is 7.42. The molecule has 7 heteroatoms. The van der Waals surface area contributed by atoms with E-state index < -0.39 is 11.9 Å². The Hall–Kier alpha value is -2.83. The van der Waals surface area contributed by atoms with Gasteiger partial charge in [-0.2, -0.15) is 0 Å². The molecule has 1 saturated heterocycles. The van der Waals surface area contributed by atoms with Crippen molar-refractivity contribution in [2.45, 2.75) is 26.7 Å². The fraction of sp³-hybridized carbons (Fsp3) is 0.450. The van der Waals surface area contributed by atoms with Gasteiger partial charge >= 0.3 is 5.97 Å². The number of likely N-dealkylation sites (tertiary alicyclic amines) is 1. The first kappa shape index (κ1) is 18.9. The lowest BCUT2D eigenvalue weighted by atomic mass is 9.98. The van der Waals surface area contributed by atoms with Gasteiger partial charge in [-0.1, -0.05) is 12.1 Å². The summed E-state index contributed by atoms with van der Waals surface area (Å²) < 4.78 is 0. The van der Waals surface area contributed by atoms with Crippen molar-refractivity contribution < 1.29 is 19.5 Å². The molecular weight excluding hydrogens is 346 g/mol. The van der Waals surface area contributed by atoms with Crippen molar-refractivity contribution in [3.05, 3.63) is 35.0 Å². The van der Waals surface area contributed by atoms with Gasteiger partial charge in [-0.25, -0.2) is 0 Å². The van der Waals surface area contributed by atoms with Gasteiger partial charge in [0.2, 0.25) is 5.91 Å². The summed E-state index contributed by atoms with van der Waals surface area (Å²) in [6, 6.07) is 5.56. The standard InChI is InChI=1S/C20H25N3O4/c1-12-13(2)21-18-15(12)7-4-8-16(18)19(25)22(3)11-17(24)23-9-5-6-14(10-23)20(26)27/h4,7-8,14,21H,5-6,9-11H2,1-3H3,(H,26,27). The van der Waals surface area contributed by atoms with Crippen molar-refractivity contribution in [3.8, 4) is 0 Å². The number of fused-ring (bicyclic) bond motifs is 1. The van der Waals surface area contributed by atoms with Gasteiger partial charge in [0.05, 0.1) is 23.5 Å². The van der Waals surface area contributed by atoms with E-state index in [-0.39, 0.29) is 24.9 Å². The number of amides is 2. The molecule has 144 valence electrons. The van der Waals surface area contributed by atoms with Crippen LogP contribution < -0.4 is 0 Å². The number of carboxylic acids is 1. The molecular formula is C20H25N3O4. The van der Waals surface area contributed by atoms with Crippen molar-refractivity contribution in [1.82, 2.24) is 14.8 Å². The fourth-order valence-electron chi connectivity index (χ4n) is 3.65. The minimum Gasteiger partial charge on any atom is -0.481 e. The van der Waals surface area contributed by atoms with Crippen LogP contribution in [0.2, 0.25) is 0 Å². The summed E-state index contributed by atoms with van der Waals surface area (Å²) in [4.78, 5) is 42.9. The molecule has 1 aromatic carbocycles. The molecule has 2 heterocycles. The zero-order valence-electron chi connectivity index (χ0n) is 15.9. The van der Waals surface area contributed by atoms with Crippen LogP contribution in [0.25, 0.3) is 10.9 Å². The molecule has 7 nitrogen and oxygen atoms in total. The molecule has 1 aliphatic rings. The lowest BCUT2D eigenvalue weighted by molar-refractivity contribution is -0.145. The number of aryl methyl sites for hydroxylation is 2. The quantitative estimate of drug-likeness (QED) is 0.861. The Morgan fingerprint density at radius 2 is 2.04 bits per heavy atom. The number of aromatic nitrogens is 1. The molecule has 1 unspecified atom stereocenters. The third-order valence-electron chi connectivity index (χ3n) is 5.42. The second-order valence-electron chi connectivity index (χ2n) is 7.28. The summed E-state index contributed by atoms with van der Waals surface area (Å²) in [7, 11) is 1.60. The zero-order valence-corrected chi connectivity index (χ0v) is 15.9. The molecule has 0 saturated carbocycles. The van der Waals surface area contributed by atoms with Crippen LogP contribution in [0.4, 0.5) is 0 Å². The first-order chi connectivity index (χ1) is 12.8. The number of carboxylic acid groups (broad SMARTS) is 1. The van der Waals surface area contributed by atoms with Crippen LogP contribution in [0, 0.1) is 19.8 Å². The van der Waals surface area contributed by atoms with Gasteiger partial charge in [0.25, 0.3) is 5.91 Å². The average molecular weight is 371 g/mol. The molecule has 2 N–H and O–H groups in total. The molecule has 3 rings (SSSR count). The van der Waals surface area contributed by atoms with Crippen LogP contribution in [0.3, 0.4) is 0 Å². The van der Waals surface area contributed by atoms with Crippen molar-refractivity contribution in [2.24, 2.45) is 5.92 Å². The lowest BCUT2D eigenvalue weighted by Crippen LogP contribution is -2.46. The van der Waals surface area contributed by atoms with Crippen molar-refractivity contribution in [3.63, 3.8) is 0 Å². The number of H-pyrrole nitrogens is 1. The highest BCUT2D eigenvalue weighted by molar-refractivity contribution is 6.07. The Bertz CT molecular complexity index is 902. The maximum atomic E-state index is 12.9. The Balaban J connectivity index is 1.74. The van der Waals surface area contributed by atoms with Crippen molar-refractivity contribution >= 4 is 28.7 Å². The normalized spacial score (nSPS) is 17.1. The topological polar surface area (TPSA) is 93.7 Å². The number of carbonyl (C=O) groups is 3. The van der Waals surface area contributed by atoms with E-state index in [4.69, 9.17) is 0 Å². The third-order valence-corrected chi connectivity index (χ3v) is 5.42. The predicted molar refractivity (Wildman–Crippen MR) is 102 cm³/mol. The maximum Gasteiger partial charge on any atom is 0.308 e. The van der Waals surface area contributed by atoms with E-state index >= 15 is 0 Å². The molecule has 0 spiro atoms. The number of likely N-dealkylation sites (N-methyl/N-ethyl adjacent to an activating group) is 1. The van der Waals surface area contributed by atoms with Crippen LogP contribution in [0.1, 0.15) is 34.5 Å². The van der Waals surface area contributed by atoms with Gasteiger partial charge in [0, 0.05) is 31.2 Å². The number of para-hydroxylation sites is 1. The van der Waals surface area contributed by atoms with Crippen LogP contribution in [-0.2, 0) is 9.59 Å². The number of hydrogen-bond donors (Lipinski definition) is 2.